The van der Waals surface area contributed by atoms with E-state index in [1.54, 1.807) is 23.2 Å². The first-order chi connectivity index (χ1) is 17.0. The zero-order valence-electron chi connectivity index (χ0n) is 19.4. The van der Waals surface area contributed by atoms with Crippen molar-refractivity contribution in [3.8, 4) is 16.9 Å². The first kappa shape index (κ1) is 24.7. The predicted octanol–water partition coefficient (Wildman–Crippen LogP) is 4.33. The second-order valence-electron chi connectivity index (χ2n) is 8.10. The van der Waals surface area contributed by atoms with Crippen LogP contribution in [0.15, 0.2) is 66.0 Å². The van der Waals surface area contributed by atoms with E-state index < -0.39 is 0 Å². The van der Waals surface area contributed by atoms with E-state index >= 15 is 0 Å². The van der Waals surface area contributed by atoms with E-state index in [1.807, 2.05) is 30.3 Å². The van der Waals surface area contributed by atoms with Gasteiger partial charge in [-0.3, -0.25) is 9.59 Å². The van der Waals surface area contributed by atoms with E-state index in [9.17, 15) is 14.0 Å². The molecule has 1 amide bonds. The van der Waals surface area contributed by atoms with Gasteiger partial charge in [-0.25, -0.2) is 14.4 Å². The number of halogens is 1. The Morgan fingerprint density at radius 2 is 1.91 bits per heavy atom. The van der Waals surface area contributed by atoms with Gasteiger partial charge < -0.3 is 14.4 Å². The topological polar surface area (TPSA) is 81.6 Å². The normalized spacial score (nSPS) is 15.5. The molecule has 0 bridgehead atoms. The fourth-order valence-electron chi connectivity index (χ4n) is 3.97. The molecule has 3 aromatic rings. The Bertz CT molecular complexity index is 1160. The summed E-state index contributed by atoms with van der Waals surface area (Å²) in [6, 6.07) is 15.4. The molecule has 1 aromatic heterocycles. The molecule has 0 unspecified atom stereocenters. The molecular formula is C26H26FN3O4S. The van der Waals surface area contributed by atoms with Crippen LogP contribution in [0.3, 0.4) is 0 Å². The second-order valence-corrected chi connectivity index (χ2v) is 9.05. The van der Waals surface area contributed by atoms with E-state index in [4.69, 9.17) is 14.5 Å². The molecule has 35 heavy (non-hydrogen) atoms. The second kappa shape index (κ2) is 11.8. The van der Waals surface area contributed by atoms with Gasteiger partial charge in [0.05, 0.1) is 18.6 Å². The lowest BCUT2D eigenvalue weighted by molar-refractivity contribution is -0.137. The number of rotatable bonds is 8. The van der Waals surface area contributed by atoms with Gasteiger partial charge in [0, 0.05) is 30.8 Å². The van der Waals surface area contributed by atoms with Crippen molar-refractivity contribution in [2.45, 2.75) is 23.9 Å². The van der Waals surface area contributed by atoms with Crippen molar-refractivity contribution < 1.29 is 23.5 Å². The van der Waals surface area contributed by atoms with E-state index in [1.165, 1.54) is 31.0 Å². The summed E-state index contributed by atoms with van der Waals surface area (Å²) in [5.74, 6) is -0.0694. The first-order valence-corrected chi connectivity index (χ1v) is 12.3. The van der Waals surface area contributed by atoms with Gasteiger partial charge in [0.1, 0.15) is 11.6 Å². The number of methoxy groups -OCH3 is 1. The highest BCUT2D eigenvalue weighted by Crippen LogP contribution is 2.34. The molecule has 7 nitrogen and oxygen atoms in total. The Morgan fingerprint density at radius 1 is 1.14 bits per heavy atom. The zero-order valence-corrected chi connectivity index (χ0v) is 20.2. The van der Waals surface area contributed by atoms with Crippen LogP contribution in [0.5, 0.6) is 5.75 Å². The number of aromatic nitrogens is 2. The molecule has 1 saturated heterocycles. The summed E-state index contributed by atoms with van der Waals surface area (Å²) >= 11 is 1.19. The van der Waals surface area contributed by atoms with Crippen LogP contribution in [0.4, 0.5) is 4.39 Å². The quantitative estimate of drug-likeness (QED) is 0.261. The number of esters is 1. The number of ether oxygens (including phenoxy) is 2. The van der Waals surface area contributed by atoms with Crippen molar-refractivity contribution >= 4 is 23.6 Å². The van der Waals surface area contributed by atoms with Crippen LogP contribution in [-0.2, 0) is 14.3 Å². The molecule has 2 aromatic carbocycles. The predicted molar refractivity (Wildman–Crippen MR) is 131 cm³/mol. The minimum absolute atomic E-state index is 0.0362. The summed E-state index contributed by atoms with van der Waals surface area (Å²) < 4.78 is 23.9. The summed E-state index contributed by atoms with van der Waals surface area (Å²) in [4.78, 5) is 35.4. The Morgan fingerprint density at radius 3 is 2.66 bits per heavy atom. The number of hydrogen-bond donors (Lipinski definition) is 0. The van der Waals surface area contributed by atoms with Gasteiger partial charge in [0.2, 0.25) is 0 Å². The largest absolute Gasteiger partial charge is 0.484 e. The Labute approximate surface area is 207 Å². The number of amides is 1. The Hall–Kier alpha value is -3.46. The van der Waals surface area contributed by atoms with Crippen LogP contribution in [0, 0.1) is 5.82 Å². The van der Waals surface area contributed by atoms with Crippen LogP contribution in [0.2, 0.25) is 0 Å². The van der Waals surface area contributed by atoms with Crippen molar-refractivity contribution in [3.05, 3.63) is 72.3 Å². The number of benzene rings is 2. The van der Waals surface area contributed by atoms with E-state index in [2.05, 4.69) is 4.98 Å². The molecule has 9 heteroatoms. The lowest BCUT2D eigenvalue weighted by Crippen LogP contribution is -2.41. The van der Waals surface area contributed by atoms with Gasteiger partial charge in [-0.1, -0.05) is 42.1 Å². The van der Waals surface area contributed by atoms with Gasteiger partial charge in [-0.2, -0.15) is 0 Å². The maximum absolute atomic E-state index is 13.5. The van der Waals surface area contributed by atoms with Gasteiger partial charge in [0.25, 0.3) is 5.91 Å². The average Bonchev–Trinajstić information content (AvgIpc) is 2.91. The van der Waals surface area contributed by atoms with Gasteiger partial charge in [0.15, 0.2) is 11.8 Å². The summed E-state index contributed by atoms with van der Waals surface area (Å²) in [6.45, 7) is 1.10. The Kier molecular flexibility index (Phi) is 8.31. The molecule has 0 radical (unpaired) electrons. The van der Waals surface area contributed by atoms with Gasteiger partial charge in [-0.05, 0) is 42.7 Å². The lowest BCUT2D eigenvalue weighted by atomic mass is 9.90. The highest BCUT2D eigenvalue weighted by molar-refractivity contribution is 7.99. The molecule has 0 N–H and O–H groups in total. The molecule has 0 saturated carbocycles. The Balaban J connectivity index is 1.54. The summed E-state index contributed by atoms with van der Waals surface area (Å²) in [5.41, 5.74) is 2.36. The smallest absolute Gasteiger partial charge is 0.316 e. The molecule has 1 aliphatic rings. The maximum atomic E-state index is 13.5. The fourth-order valence-corrected chi connectivity index (χ4v) is 4.63. The van der Waals surface area contributed by atoms with E-state index in [0.29, 0.717) is 24.0 Å². The average molecular weight is 496 g/mol. The number of thioether (sulfide) groups is 1. The van der Waals surface area contributed by atoms with Crippen LogP contribution in [-0.4, -0.2) is 59.3 Å². The number of piperidine rings is 1. The van der Waals surface area contributed by atoms with Crippen molar-refractivity contribution in [1.29, 1.82) is 0 Å². The number of likely N-dealkylation sites (tertiary alicyclic amines) is 1. The maximum Gasteiger partial charge on any atom is 0.316 e. The standard InChI is InChI=1S/C26H26FN3O4S/c1-33-24(32)17-35-26-28-14-22(18-9-11-20(27)12-10-18)25(29-26)19-6-5-13-30(15-19)23(31)16-34-21-7-3-2-4-8-21/h2-4,7-12,14,19H,5-6,13,15-17H2,1H3/t19-/m0/s1. The molecule has 1 fully saturated rings. The molecular weight excluding hydrogens is 469 g/mol. The number of carbonyl (C=O) groups is 2. The monoisotopic (exact) mass is 495 g/mol. The lowest BCUT2D eigenvalue weighted by Gasteiger charge is -2.33. The molecule has 2 heterocycles. The molecule has 1 atom stereocenters. The van der Waals surface area contributed by atoms with Crippen molar-refractivity contribution in [1.82, 2.24) is 14.9 Å². The first-order valence-electron chi connectivity index (χ1n) is 11.3. The zero-order chi connectivity index (χ0) is 24.6. The van der Waals surface area contributed by atoms with E-state index in [-0.39, 0.29) is 36.0 Å². The molecule has 0 spiro atoms. The molecule has 4 rings (SSSR count). The van der Waals surface area contributed by atoms with Crippen LogP contribution in [0.25, 0.3) is 11.1 Å². The number of hydrogen-bond acceptors (Lipinski definition) is 7. The minimum atomic E-state index is -0.365. The fraction of sp³-hybridized carbons (Fsp3) is 0.308. The highest BCUT2D eigenvalue weighted by atomic mass is 32.2. The third kappa shape index (κ3) is 6.57. The van der Waals surface area contributed by atoms with Crippen LogP contribution >= 0.6 is 11.8 Å². The SMILES string of the molecule is COC(=O)CSc1ncc(-c2ccc(F)cc2)c([C@H]2CCCN(C(=O)COc3ccccc3)C2)n1. The minimum Gasteiger partial charge on any atom is -0.484 e. The summed E-state index contributed by atoms with van der Waals surface area (Å²) in [6.07, 6.45) is 3.36. The summed E-state index contributed by atoms with van der Waals surface area (Å²) in [5, 5.41) is 0.451. The van der Waals surface area contributed by atoms with Gasteiger partial charge in [-0.15, -0.1) is 0 Å². The molecule has 182 valence electrons. The molecule has 0 aliphatic carbocycles. The molecule has 1 aliphatic heterocycles. The third-order valence-electron chi connectivity index (χ3n) is 5.76. The number of nitrogens with zero attached hydrogens (tertiary/aromatic N) is 3. The summed E-state index contributed by atoms with van der Waals surface area (Å²) in [7, 11) is 1.34. The van der Waals surface area contributed by atoms with Crippen molar-refractivity contribution in [2.24, 2.45) is 0 Å². The van der Waals surface area contributed by atoms with Crippen molar-refractivity contribution in [3.63, 3.8) is 0 Å². The third-order valence-corrected chi connectivity index (χ3v) is 6.60. The van der Waals surface area contributed by atoms with E-state index in [0.717, 1.165) is 29.7 Å². The number of carbonyl (C=O) groups excluding carboxylic acids is 2. The van der Waals surface area contributed by atoms with Gasteiger partial charge >= 0.3 is 5.97 Å². The van der Waals surface area contributed by atoms with Crippen LogP contribution in [0.1, 0.15) is 24.5 Å². The van der Waals surface area contributed by atoms with Crippen molar-refractivity contribution in [2.75, 3.05) is 32.6 Å². The van der Waals surface area contributed by atoms with Crippen LogP contribution < -0.4 is 4.74 Å². The highest BCUT2D eigenvalue weighted by Gasteiger charge is 2.28. The number of para-hydroxylation sites is 1.